The van der Waals surface area contributed by atoms with Gasteiger partial charge in [-0.1, -0.05) is 24.4 Å². The predicted octanol–water partition coefficient (Wildman–Crippen LogP) is 5.03. The third-order valence-corrected chi connectivity index (χ3v) is 4.54. The molecule has 2 nitrogen and oxygen atoms in total. The van der Waals surface area contributed by atoms with E-state index in [1.165, 1.54) is 42.3 Å². The first kappa shape index (κ1) is 12.2. The van der Waals surface area contributed by atoms with Crippen molar-refractivity contribution in [2.24, 2.45) is 0 Å². The monoisotopic (exact) mass is 284 g/mol. The Labute approximate surface area is 123 Å². The highest BCUT2D eigenvalue weighted by Gasteiger charge is 2.13. The van der Waals surface area contributed by atoms with Crippen molar-refractivity contribution in [2.45, 2.75) is 38.5 Å². The minimum absolute atomic E-state index is 0.766. The Balaban J connectivity index is 1.97. The van der Waals surface area contributed by atoms with E-state index in [2.05, 4.69) is 17.1 Å². The molecule has 3 heteroatoms. The molecule has 0 amide bonds. The minimum Gasteiger partial charge on any atom is -0.353 e. The molecule has 1 aromatic carbocycles. The largest absolute Gasteiger partial charge is 0.353 e. The van der Waals surface area contributed by atoms with Gasteiger partial charge in [0.1, 0.15) is 0 Å². The van der Waals surface area contributed by atoms with Gasteiger partial charge in [0, 0.05) is 21.6 Å². The number of H-pyrrole nitrogens is 1. The Morgan fingerprint density at radius 1 is 0.950 bits per heavy atom. The maximum atomic E-state index is 6.08. The quantitative estimate of drug-likeness (QED) is 0.616. The van der Waals surface area contributed by atoms with Gasteiger partial charge in [0.15, 0.2) is 0 Å². The normalized spacial score (nSPS) is 16.1. The standard InChI is InChI=1S/C17H17ClN2/c18-12-7-8-13-15(10-12)19-16-9-11-5-3-1-2-4-6-14(11)20-17(13)16/h7-10,19H,1-6H2. The number of pyridine rings is 1. The van der Waals surface area contributed by atoms with Gasteiger partial charge in [-0.2, -0.15) is 0 Å². The topological polar surface area (TPSA) is 28.7 Å². The van der Waals surface area contributed by atoms with Gasteiger partial charge in [-0.3, -0.25) is 4.98 Å². The van der Waals surface area contributed by atoms with Crippen molar-refractivity contribution in [2.75, 3.05) is 0 Å². The summed E-state index contributed by atoms with van der Waals surface area (Å²) in [5.41, 5.74) is 6.04. The molecule has 0 saturated carbocycles. The summed E-state index contributed by atoms with van der Waals surface area (Å²) in [6.07, 6.45) is 7.51. The fraction of sp³-hybridized carbons (Fsp3) is 0.353. The summed E-state index contributed by atoms with van der Waals surface area (Å²) in [6.45, 7) is 0. The molecule has 1 aliphatic rings. The van der Waals surface area contributed by atoms with Crippen LogP contribution in [0.25, 0.3) is 21.9 Å². The molecule has 1 aliphatic carbocycles. The first-order chi connectivity index (χ1) is 9.81. The van der Waals surface area contributed by atoms with Crippen LogP contribution in [-0.4, -0.2) is 9.97 Å². The highest BCUT2D eigenvalue weighted by atomic mass is 35.5. The van der Waals surface area contributed by atoms with E-state index < -0.39 is 0 Å². The number of nitrogens with zero attached hydrogens (tertiary/aromatic N) is 1. The molecular formula is C17H17ClN2. The van der Waals surface area contributed by atoms with Crippen LogP contribution >= 0.6 is 11.6 Å². The second kappa shape index (κ2) is 4.78. The van der Waals surface area contributed by atoms with E-state index >= 15 is 0 Å². The first-order valence-electron chi connectivity index (χ1n) is 7.41. The molecule has 2 aromatic heterocycles. The molecule has 0 spiro atoms. The summed E-state index contributed by atoms with van der Waals surface area (Å²) in [7, 11) is 0. The number of aromatic amines is 1. The van der Waals surface area contributed by atoms with Crippen LogP contribution < -0.4 is 0 Å². The van der Waals surface area contributed by atoms with E-state index in [0.717, 1.165) is 34.4 Å². The summed E-state index contributed by atoms with van der Waals surface area (Å²) < 4.78 is 0. The highest BCUT2D eigenvalue weighted by molar-refractivity contribution is 6.31. The zero-order chi connectivity index (χ0) is 13.5. The summed E-state index contributed by atoms with van der Waals surface area (Å²) in [6, 6.07) is 8.29. The van der Waals surface area contributed by atoms with Crippen LogP contribution in [0.4, 0.5) is 0 Å². The lowest BCUT2D eigenvalue weighted by Crippen LogP contribution is -2.02. The molecule has 1 N–H and O–H groups in total. The van der Waals surface area contributed by atoms with Crippen LogP contribution in [0, 0.1) is 0 Å². The van der Waals surface area contributed by atoms with Gasteiger partial charge >= 0.3 is 0 Å². The molecule has 0 bridgehead atoms. The van der Waals surface area contributed by atoms with E-state index in [4.69, 9.17) is 16.6 Å². The zero-order valence-electron chi connectivity index (χ0n) is 11.4. The number of hydrogen-bond donors (Lipinski definition) is 1. The Hall–Kier alpha value is -1.54. The molecule has 4 rings (SSSR count). The molecule has 0 unspecified atom stereocenters. The first-order valence-corrected chi connectivity index (χ1v) is 7.79. The number of aryl methyl sites for hydroxylation is 2. The van der Waals surface area contributed by atoms with Crippen molar-refractivity contribution < 1.29 is 0 Å². The summed E-state index contributed by atoms with van der Waals surface area (Å²) in [5, 5.41) is 1.94. The average molecular weight is 285 g/mol. The number of benzene rings is 1. The van der Waals surface area contributed by atoms with Gasteiger partial charge in [-0.05, 0) is 55.5 Å². The second-order valence-electron chi connectivity index (χ2n) is 5.72. The molecule has 0 saturated heterocycles. The summed E-state index contributed by atoms with van der Waals surface area (Å²) in [4.78, 5) is 8.42. The van der Waals surface area contributed by atoms with Crippen molar-refractivity contribution in [3.63, 3.8) is 0 Å². The summed E-state index contributed by atoms with van der Waals surface area (Å²) in [5.74, 6) is 0. The zero-order valence-corrected chi connectivity index (χ0v) is 12.1. The molecule has 20 heavy (non-hydrogen) atoms. The van der Waals surface area contributed by atoms with E-state index in [1.54, 1.807) is 0 Å². The Morgan fingerprint density at radius 3 is 2.70 bits per heavy atom. The van der Waals surface area contributed by atoms with Gasteiger partial charge in [0.25, 0.3) is 0 Å². The number of hydrogen-bond acceptors (Lipinski definition) is 1. The number of halogens is 1. The van der Waals surface area contributed by atoms with Crippen molar-refractivity contribution in [3.8, 4) is 0 Å². The van der Waals surface area contributed by atoms with Crippen LogP contribution in [0.3, 0.4) is 0 Å². The molecular weight excluding hydrogens is 268 g/mol. The molecule has 102 valence electrons. The number of aromatic nitrogens is 2. The van der Waals surface area contributed by atoms with Gasteiger partial charge in [-0.25, -0.2) is 0 Å². The maximum absolute atomic E-state index is 6.08. The van der Waals surface area contributed by atoms with Crippen molar-refractivity contribution in [1.82, 2.24) is 9.97 Å². The van der Waals surface area contributed by atoms with Gasteiger partial charge < -0.3 is 4.98 Å². The van der Waals surface area contributed by atoms with Crippen molar-refractivity contribution in [1.29, 1.82) is 0 Å². The average Bonchev–Trinajstić information content (AvgIpc) is 2.75. The van der Waals surface area contributed by atoms with Crippen molar-refractivity contribution >= 4 is 33.5 Å². The lowest BCUT2D eigenvalue weighted by atomic mass is 9.97. The fourth-order valence-corrected chi connectivity index (χ4v) is 3.43. The smallest absolute Gasteiger partial charge is 0.0961 e. The third-order valence-electron chi connectivity index (χ3n) is 4.31. The van der Waals surface area contributed by atoms with Crippen LogP contribution in [-0.2, 0) is 12.8 Å². The number of fused-ring (bicyclic) bond motifs is 4. The van der Waals surface area contributed by atoms with Crippen molar-refractivity contribution in [3.05, 3.63) is 40.5 Å². The van der Waals surface area contributed by atoms with Gasteiger partial charge in [-0.15, -0.1) is 0 Å². The van der Waals surface area contributed by atoms with Crippen LogP contribution in [0.1, 0.15) is 36.9 Å². The van der Waals surface area contributed by atoms with E-state index in [9.17, 15) is 0 Å². The summed E-state index contributed by atoms with van der Waals surface area (Å²) >= 11 is 6.08. The molecule has 0 atom stereocenters. The number of rotatable bonds is 0. The predicted molar refractivity (Wildman–Crippen MR) is 84.5 cm³/mol. The minimum atomic E-state index is 0.766. The molecule has 0 fully saturated rings. The van der Waals surface area contributed by atoms with Crippen LogP contribution in [0.5, 0.6) is 0 Å². The van der Waals surface area contributed by atoms with Gasteiger partial charge in [0.2, 0.25) is 0 Å². The highest BCUT2D eigenvalue weighted by Crippen LogP contribution is 2.29. The third kappa shape index (κ3) is 1.99. The maximum Gasteiger partial charge on any atom is 0.0961 e. The number of nitrogens with one attached hydrogen (secondary N) is 1. The van der Waals surface area contributed by atoms with E-state index in [-0.39, 0.29) is 0 Å². The SMILES string of the molecule is Clc1ccc2c(c1)[nH]c1cc3c(nc12)CCCCCC3. The van der Waals surface area contributed by atoms with E-state index in [0.29, 0.717) is 0 Å². The second-order valence-corrected chi connectivity index (χ2v) is 6.16. The van der Waals surface area contributed by atoms with Gasteiger partial charge in [0.05, 0.1) is 11.0 Å². The Morgan fingerprint density at radius 2 is 1.80 bits per heavy atom. The van der Waals surface area contributed by atoms with E-state index in [1.807, 2.05) is 12.1 Å². The molecule has 0 radical (unpaired) electrons. The van der Waals surface area contributed by atoms with Crippen LogP contribution in [0.2, 0.25) is 5.02 Å². The van der Waals surface area contributed by atoms with Crippen LogP contribution in [0.15, 0.2) is 24.3 Å². The molecule has 2 heterocycles. The Bertz CT molecular complexity index is 788. The molecule has 3 aromatic rings. The molecule has 0 aliphatic heterocycles. The Kier molecular flexibility index (Phi) is 2.92. The fourth-order valence-electron chi connectivity index (χ4n) is 3.26. The lowest BCUT2D eigenvalue weighted by Gasteiger charge is -2.12. The lowest BCUT2D eigenvalue weighted by molar-refractivity contribution is 0.610.